The lowest BCUT2D eigenvalue weighted by atomic mass is 10.3. The van der Waals surface area contributed by atoms with Crippen LogP contribution in [0.3, 0.4) is 0 Å². The van der Waals surface area contributed by atoms with Crippen LogP contribution in [0, 0.1) is 0 Å². The predicted molar refractivity (Wildman–Crippen MR) is 79.3 cm³/mol. The molecule has 2 heterocycles. The van der Waals surface area contributed by atoms with E-state index in [2.05, 4.69) is 27.3 Å². The van der Waals surface area contributed by atoms with Crippen LogP contribution in [-0.2, 0) is 20.1 Å². The van der Waals surface area contributed by atoms with Crippen LogP contribution in [0.25, 0.3) is 0 Å². The van der Waals surface area contributed by atoms with Crippen molar-refractivity contribution in [1.82, 2.24) is 25.1 Å². The molecule has 0 saturated carbocycles. The number of rotatable bonds is 7. The van der Waals surface area contributed by atoms with Gasteiger partial charge in [0.2, 0.25) is 5.95 Å². The Balaban J connectivity index is 1.91. The first-order valence-corrected chi connectivity index (χ1v) is 6.89. The van der Waals surface area contributed by atoms with E-state index in [0.717, 1.165) is 43.1 Å². The maximum atomic E-state index is 4.41. The fraction of sp³-hybridized carbons (Fsp3) is 0.500. The second-order valence-corrected chi connectivity index (χ2v) is 4.95. The molecule has 2 rings (SSSR count). The molecule has 0 fully saturated rings. The van der Waals surface area contributed by atoms with Crippen LogP contribution in [0.2, 0.25) is 0 Å². The highest BCUT2D eigenvalue weighted by molar-refractivity contribution is 5.30. The van der Waals surface area contributed by atoms with Gasteiger partial charge >= 0.3 is 0 Å². The van der Waals surface area contributed by atoms with Crippen LogP contribution in [0.4, 0.5) is 5.95 Å². The van der Waals surface area contributed by atoms with E-state index in [1.54, 1.807) is 4.68 Å². The van der Waals surface area contributed by atoms with Gasteiger partial charge in [0, 0.05) is 56.9 Å². The molecule has 0 aliphatic carbocycles. The van der Waals surface area contributed by atoms with Crippen molar-refractivity contribution in [2.24, 2.45) is 7.05 Å². The molecule has 0 amide bonds. The van der Waals surface area contributed by atoms with Gasteiger partial charge in [0.05, 0.1) is 6.20 Å². The third-order valence-electron chi connectivity index (χ3n) is 2.97. The number of hydrogen-bond donors (Lipinski definition) is 1. The average molecular weight is 274 g/mol. The van der Waals surface area contributed by atoms with Crippen LogP contribution >= 0.6 is 0 Å². The van der Waals surface area contributed by atoms with Crippen molar-refractivity contribution < 1.29 is 0 Å². The summed E-state index contributed by atoms with van der Waals surface area (Å²) in [4.78, 5) is 10.8. The van der Waals surface area contributed by atoms with Gasteiger partial charge in [-0.1, -0.05) is 6.92 Å². The first-order valence-electron chi connectivity index (χ1n) is 6.89. The van der Waals surface area contributed by atoms with Gasteiger partial charge in [-0.25, -0.2) is 9.97 Å². The van der Waals surface area contributed by atoms with Gasteiger partial charge in [0.1, 0.15) is 0 Å². The van der Waals surface area contributed by atoms with Crippen molar-refractivity contribution in [2.45, 2.75) is 26.4 Å². The third kappa shape index (κ3) is 4.03. The molecule has 0 saturated heterocycles. The summed E-state index contributed by atoms with van der Waals surface area (Å²) in [6.07, 6.45) is 8.75. The van der Waals surface area contributed by atoms with Crippen molar-refractivity contribution in [3.8, 4) is 0 Å². The van der Waals surface area contributed by atoms with E-state index >= 15 is 0 Å². The van der Waals surface area contributed by atoms with E-state index in [4.69, 9.17) is 0 Å². The first kappa shape index (κ1) is 14.5. The quantitative estimate of drug-likeness (QED) is 0.772. The zero-order chi connectivity index (χ0) is 14.4. The van der Waals surface area contributed by atoms with Crippen molar-refractivity contribution in [1.29, 1.82) is 0 Å². The molecule has 20 heavy (non-hydrogen) atoms. The number of aryl methyl sites for hydroxylation is 1. The van der Waals surface area contributed by atoms with Crippen LogP contribution in [0.15, 0.2) is 24.8 Å². The number of nitrogens with zero attached hydrogens (tertiary/aromatic N) is 5. The van der Waals surface area contributed by atoms with E-state index in [9.17, 15) is 0 Å². The summed E-state index contributed by atoms with van der Waals surface area (Å²) >= 11 is 0. The monoisotopic (exact) mass is 274 g/mol. The van der Waals surface area contributed by atoms with E-state index in [-0.39, 0.29) is 0 Å². The minimum atomic E-state index is 0.730. The van der Waals surface area contributed by atoms with Gasteiger partial charge in [0.25, 0.3) is 0 Å². The molecule has 0 radical (unpaired) electrons. The highest BCUT2D eigenvalue weighted by Crippen LogP contribution is 2.09. The molecule has 0 aliphatic rings. The third-order valence-corrected chi connectivity index (χ3v) is 2.97. The summed E-state index contributed by atoms with van der Waals surface area (Å²) in [7, 11) is 3.90. The van der Waals surface area contributed by atoms with Crippen molar-refractivity contribution in [3.05, 3.63) is 35.9 Å². The molecule has 0 aromatic carbocycles. The Hall–Kier alpha value is -1.95. The molecular formula is C14H22N6. The Morgan fingerprint density at radius 2 is 1.95 bits per heavy atom. The zero-order valence-corrected chi connectivity index (χ0v) is 12.4. The molecular weight excluding hydrogens is 252 g/mol. The molecule has 0 unspecified atom stereocenters. The number of nitrogens with one attached hydrogen (secondary N) is 1. The Labute approximate surface area is 119 Å². The van der Waals surface area contributed by atoms with E-state index in [1.165, 1.54) is 0 Å². The van der Waals surface area contributed by atoms with Gasteiger partial charge < -0.3 is 10.2 Å². The Morgan fingerprint density at radius 3 is 2.55 bits per heavy atom. The molecule has 6 nitrogen and oxygen atoms in total. The maximum absolute atomic E-state index is 4.41. The lowest BCUT2D eigenvalue weighted by Crippen LogP contribution is -2.19. The highest BCUT2D eigenvalue weighted by atomic mass is 15.3. The van der Waals surface area contributed by atoms with Crippen molar-refractivity contribution >= 4 is 5.95 Å². The van der Waals surface area contributed by atoms with E-state index in [0.29, 0.717) is 0 Å². The lowest BCUT2D eigenvalue weighted by Gasteiger charge is -2.16. The van der Waals surface area contributed by atoms with Crippen LogP contribution in [0.1, 0.15) is 24.5 Å². The second-order valence-electron chi connectivity index (χ2n) is 4.95. The minimum Gasteiger partial charge on any atom is -0.339 e. The summed E-state index contributed by atoms with van der Waals surface area (Å²) in [6, 6.07) is 0. The van der Waals surface area contributed by atoms with Gasteiger partial charge in [-0.15, -0.1) is 0 Å². The largest absolute Gasteiger partial charge is 0.339 e. The molecule has 0 bridgehead atoms. The Bertz CT molecular complexity index is 519. The predicted octanol–water partition coefficient (Wildman–Crippen LogP) is 1.35. The van der Waals surface area contributed by atoms with E-state index < -0.39 is 0 Å². The van der Waals surface area contributed by atoms with Crippen LogP contribution < -0.4 is 10.2 Å². The van der Waals surface area contributed by atoms with Crippen molar-refractivity contribution in [3.63, 3.8) is 0 Å². The summed E-state index contributed by atoms with van der Waals surface area (Å²) in [6.45, 7) is 4.74. The molecule has 2 aromatic rings. The standard InChI is InChI=1S/C14H22N6/c1-4-5-15-6-12-7-16-14(17-8-12)19(2)10-13-9-18-20(3)11-13/h7-9,11,15H,4-6,10H2,1-3H3. The topological polar surface area (TPSA) is 58.9 Å². The van der Waals surface area contributed by atoms with Gasteiger partial charge in [-0.3, -0.25) is 4.68 Å². The number of aromatic nitrogens is 4. The first-order chi connectivity index (χ1) is 9.69. The normalized spacial score (nSPS) is 10.8. The zero-order valence-electron chi connectivity index (χ0n) is 12.4. The molecule has 108 valence electrons. The number of anilines is 1. The maximum Gasteiger partial charge on any atom is 0.225 e. The molecule has 2 aromatic heterocycles. The average Bonchev–Trinajstić information content (AvgIpc) is 2.85. The van der Waals surface area contributed by atoms with Gasteiger partial charge in [-0.2, -0.15) is 5.10 Å². The summed E-state index contributed by atoms with van der Waals surface area (Å²) in [5.74, 6) is 0.730. The fourth-order valence-corrected chi connectivity index (χ4v) is 1.94. The SMILES string of the molecule is CCCNCc1cnc(N(C)Cc2cnn(C)c2)nc1. The molecule has 0 spiro atoms. The van der Waals surface area contributed by atoms with Gasteiger partial charge in [0.15, 0.2) is 0 Å². The molecule has 0 atom stereocenters. The highest BCUT2D eigenvalue weighted by Gasteiger charge is 2.06. The van der Waals surface area contributed by atoms with Crippen molar-refractivity contribution in [2.75, 3.05) is 18.5 Å². The fourth-order valence-electron chi connectivity index (χ4n) is 1.94. The van der Waals surface area contributed by atoms with Gasteiger partial charge in [-0.05, 0) is 13.0 Å². The number of hydrogen-bond acceptors (Lipinski definition) is 5. The second kappa shape index (κ2) is 7.00. The summed E-state index contributed by atoms with van der Waals surface area (Å²) in [5.41, 5.74) is 2.25. The van der Waals surface area contributed by atoms with Crippen LogP contribution in [-0.4, -0.2) is 33.3 Å². The summed E-state index contributed by atoms with van der Waals surface area (Å²) < 4.78 is 1.80. The molecule has 6 heteroatoms. The van der Waals surface area contributed by atoms with Crippen LogP contribution in [0.5, 0.6) is 0 Å². The Morgan fingerprint density at radius 1 is 1.20 bits per heavy atom. The Kier molecular flexibility index (Phi) is 5.06. The minimum absolute atomic E-state index is 0.730. The molecule has 0 aliphatic heterocycles. The van der Waals surface area contributed by atoms with E-state index in [1.807, 2.05) is 43.8 Å². The molecule has 1 N–H and O–H groups in total. The summed E-state index contributed by atoms with van der Waals surface area (Å²) in [5, 5.41) is 7.50. The lowest BCUT2D eigenvalue weighted by molar-refractivity contribution is 0.671. The smallest absolute Gasteiger partial charge is 0.225 e.